The quantitative estimate of drug-likeness (QED) is 0.432. The van der Waals surface area contributed by atoms with E-state index in [2.05, 4.69) is 5.16 Å². The van der Waals surface area contributed by atoms with E-state index in [1.807, 2.05) is 0 Å². The van der Waals surface area contributed by atoms with E-state index in [0.717, 1.165) is 31.7 Å². The van der Waals surface area contributed by atoms with Crippen molar-refractivity contribution in [2.24, 2.45) is 0 Å². The predicted molar refractivity (Wildman–Crippen MR) is 115 cm³/mol. The third-order valence-electron chi connectivity index (χ3n) is 4.86. The number of hydrogen-bond donors (Lipinski definition) is 0. The van der Waals surface area contributed by atoms with Crippen LogP contribution in [0.4, 0.5) is 8.78 Å². The lowest BCUT2D eigenvalue weighted by Gasteiger charge is -2.39. The Morgan fingerprint density at radius 1 is 1.00 bits per heavy atom. The molecule has 1 aliphatic rings. The average Bonchev–Trinajstić information content (AvgIpc) is 3.06. The molecule has 34 heavy (non-hydrogen) atoms. The van der Waals surface area contributed by atoms with Gasteiger partial charge in [-0.05, 0) is 31.5 Å². The number of aromatic nitrogens is 1. The van der Waals surface area contributed by atoms with Crippen molar-refractivity contribution in [2.75, 3.05) is 5.75 Å². The second-order valence-electron chi connectivity index (χ2n) is 7.58. The molecule has 0 N–H and O–H groups in total. The van der Waals surface area contributed by atoms with Crippen molar-refractivity contribution in [2.45, 2.75) is 58.4 Å². The van der Waals surface area contributed by atoms with Crippen molar-refractivity contribution in [1.29, 1.82) is 0 Å². The largest absolute Gasteiger partial charge is 0.472 e. The Balaban J connectivity index is 1.99. The van der Waals surface area contributed by atoms with Crippen molar-refractivity contribution >= 4 is 29.7 Å². The van der Waals surface area contributed by atoms with Gasteiger partial charge >= 0.3 is 17.9 Å². The molecule has 0 amide bonds. The zero-order valence-electron chi connectivity index (χ0n) is 19.0. The number of hydrogen-bond acceptors (Lipinski definition) is 10. The van der Waals surface area contributed by atoms with Crippen LogP contribution in [0.3, 0.4) is 0 Å². The van der Waals surface area contributed by atoms with Crippen LogP contribution in [0.1, 0.15) is 32.2 Å². The summed E-state index contributed by atoms with van der Waals surface area (Å²) in [5, 5.41) is 3.82. The first-order valence-electron chi connectivity index (χ1n) is 10.2. The maximum atomic E-state index is 14.7. The van der Waals surface area contributed by atoms with Gasteiger partial charge < -0.3 is 23.5 Å². The maximum absolute atomic E-state index is 14.7. The lowest BCUT2D eigenvalue weighted by Crippen LogP contribution is -2.55. The zero-order chi connectivity index (χ0) is 25.2. The highest BCUT2D eigenvalue weighted by Gasteiger charge is 2.48. The summed E-state index contributed by atoms with van der Waals surface area (Å²) in [6, 6.07) is 2.26. The lowest BCUT2D eigenvalue weighted by atomic mass is 10.0. The minimum absolute atomic E-state index is 0.0770. The fourth-order valence-electron chi connectivity index (χ4n) is 3.62. The average molecular weight is 499 g/mol. The van der Waals surface area contributed by atoms with Gasteiger partial charge in [0.15, 0.2) is 35.3 Å². The molecule has 0 radical (unpaired) electrons. The molecule has 1 saturated heterocycles. The summed E-state index contributed by atoms with van der Waals surface area (Å²) in [6.07, 6.45) is -3.46. The highest BCUT2D eigenvalue weighted by Crippen LogP contribution is 2.38. The zero-order valence-corrected chi connectivity index (χ0v) is 19.9. The molecule has 2 heterocycles. The lowest BCUT2D eigenvalue weighted by molar-refractivity contribution is -0.186. The first-order chi connectivity index (χ1) is 16.0. The molecule has 0 saturated carbocycles. The Bertz CT molecular complexity index is 1090. The number of benzene rings is 1. The third-order valence-corrected chi connectivity index (χ3v) is 6.08. The standard InChI is InChI=1S/C22H23F2NO8S/c1-9-18(10(2)33-25-9)14-6-15(23)19(24)16(7-14)32-22-21(31-13(5)28)20(30-12(4)27)17(8-34-22)29-11(3)26/h6-7,17,20-22H,8H2,1-5H3/t17-,20+,21-,22+/m1/s1. The van der Waals surface area contributed by atoms with Gasteiger partial charge in [-0.25, -0.2) is 4.39 Å². The van der Waals surface area contributed by atoms with Gasteiger partial charge in [-0.15, -0.1) is 11.8 Å². The minimum atomic E-state index is -1.28. The van der Waals surface area contributed by atoms with Crippen LogP contribution in [-0.2, 0) is 28.6 Å². The summed E-state index contributed by atoms with van der Waals surface area (Å²) in [6.45, 7) is 6.72. The molecule has 1 aromatic heterocycles. The van der Waals surface area contributed by atoms with Crippen molar-refractivity contribution in [3.8, 4) is 16.9 Å². The van der Waals surface area contributed by atoms with E-state index in [1.165, 1.54) is 13.0 Å². The van der Waals surface area contributed by atoms with Gasteiger partial charge in [-0.3, -0.25) is 14.4 Å². The number of aryl methyl sites for hydroxylation is 2. The number of halogens is 2. The van der Waals surface area contributed by atoms with Gasteiger partial charge in [0.05, 0.1) is 5.69 Å². The normalized spacial score (nSPS) is 22.1. The molecule has 184 valence electrons. The number of thioether (sulfide) groups is 1. The van der Waals surface area contributed by atoms with Gasteiger partial charge in [-0.2, -0.15) is 4.39 Å². The van der Waals surface area contributed by atoms with Crippen molar-refractivity contribution < 1.29 is 46.6 Å². The molecule has 1 fully saturated rings. The number of ether oxygens (including phenoxy) is 4. The van der Waals surface area contributed by atoms with Gasteiger partial charge in [0.2, 0.25) is 5.82 Å². The summed E-state index contributed by atoms with van der Waals surface area (Å²) in [4.78, 5) is 35.0. The van der Waals surface area contributed by atoms with Crippen LogP contribution < -0.4 is 4.74 Å². The van der Waals surface area contributed by atoms with E-state index >= 15 is 0 Å². The van der Waals surface area contributed by atoms with Crippen LogP contribution in [0.2, 0.25) is 0 Å². The van der Waals surface area contributed by atoms with E-state index < -0.39 is 59.0 Å². The molecule has 9 nitrogen and oxygen atoms in total. The Labute approximate surface area is 198 Å². The number of carbonyl (C=O) groups is 3. The molecule has 0 bridgehead atoms. The first-order valence-corrected chi connectivity index (χ1v) is 11.2. The summed E-state index contributed by atoms with van der Waals surface area (Å²) < 4.78 is 55.9. The summed E-state index contributed by atoms with van der Waals surface area (Å²) in [7, 11) is 0. The monoisotopic (exact) mass is 499 g/mol. The molecule has 0 aliphatic carbocycles. The molecule has 1 aromatic carbocycles. The van der Waals surface area contributed by atoms with Crippen LogP contribution in [0, 0.1) is 25.5 Å². The fourth-order valence-corrected chi connectivity index (χ4v) is 4.83. The highest BCUT2D eigenvalue weighted by molar-refractivity contribution is 7.99. The van der Waals surface area contributed by atoms with Gasteiger partial charge in [0, 0.05) is 32.1 Å². The predicted octanol–water partition coefficient (Wildman–Crippen LogP) is 3.48. The molecule has 3 rings (SSSR count). The van der Waals surface area contributed by atoms with E-state index in [0.29, 0.717) is 17.0 Å². The number of rotatable bonds is 6. The van der Waals surface area contributed by atoms with Crippen LogP contribution in [0.25, 0.3) is 11.1 Å². The molecular formula is C22H23F2NO8S. The highest BCUT2D eigenvalue weighted by atomic mass is 32.2. The maximum Gasteiger partial charge on any atom is 0.303 e. The van der Waals surface area contributed by atoms with Crippen molar-refractivity contribution in [3.05, 3.63) is 35.2 Å². The van der Waals surface area contributed by atoms with Gasteiger partial charge in [0.1, 0.15) is 5.76 Å². The Kier molecular flexibility index (Phi) is 7.80. The molecule has 0 unspecified atom stereocenters. The summed E-state index contributed by atoms with van der Waals surface area (Å²) in [5.74, 6) is -4.51. The Morgan fingerprint density at radius 3 is 2.18 bits per heavy atom. The summed E-state index contributed by atoms with van der Waals surface area (Å²) in [5.41, 5.74) is 0.0981. The van der Waals surface area contributed by atoms with Crippen LogP contribution in [-0.4, -0.2) is 52.6 Å². The van der Waals surface area contributed by atoms with Gasteiger partial charge in [0.25, 0.3) is 0 Å². The van der Waals surface area contributed by atoms with E-state index in [4.69, 9.17) is 23.5 Å². The van der Waals surface area contributed by atoms with E-state index in [9.17, 15) is 23.2 Å². The molecule has 12 heteroatoms. The van der Waals surface area contributed by atoms with E-state index in [1.54, 1.807) is 13.8 Å². The third kappa shape index (κ3) is 5.66. The van der Waals surface area contributed by atoms with Gasteiger partial charge in [-0.1, -0.05) is 5.16 Å². The molecular weight excluding hydrogens is 476 g/mol. The number of carbonyl (C=O) groups excluding carboxylic acids is 3. The SMILES string of the molecule is CC(=O)O[C@@H]1[C@@H](OC(C)=O)[C@@H](Oc2cc(-c3c(C)noc3C)cc(F)c2F)SC[C@H]1OC(C)=O. The Hall–Kier alpha value is -3.15. The second-order valence-corrected chi connectivity index (χ2v) is 8.72. The molecule has 0 spiro atoms. The number of nitrogens with zero attached hydrogens (tertiary/aromatic N) is 1. The molecule has 1 aliphatic heterocycles. The first kappa shape index (κ1) is 25.5. The van der Waals surface area contributed by atoms with Crippen molar-refractivity contribution in [1.82, 2.24) is 5.16 Å². The van der Waals surface area contributed by atoms with Crippen LogP contribution in [0.5, 0.6) is 5.75 Å². The fraction of sp³-hybridized carbons (Fsp3) is 0.455. The molecule has 2 aromatic rings. The minimum Gasteiger partial charge on any atom is -0.472 e. The van der Waals surface area contributed by atoms with E-state index in [-0.39, 0.29) is 11.3 Å². The van der Waals surface area contributed by atoms with Crippen molar-refractivity contribution in [3.63, 3.8) is 0 Å². The summed E-state index contributed by atoms with van der Waals surface area (Å²) >= 11 is 1.03. The van der Waals surface area contributed by atoms with Crippen LogP contribution in [0.15, 0.2) is 16.7 Å². The Morgan fingerprint density at radius 2 is 1.62 bits per heavy atom. The smallest absolute Gasteiger partial charge is 0.303 e. The molecule has 4 atom stereocenters. The van der Waals surface area contributed by atoms with Crippen LogP contribution >= 0.6 is 11.8 Å². The topological polar surface area (TPSA) is 114 Å². The second kappa shape index (κ2) is 10.4. The number of esters is 3.